The number of para-hydroxylation sites is 1. The molecule has 116 valence electrons. The number of amides is 1. The number of anilines is 1. The molecule has 1 aromatic rings. The van der Waals surface area contributed by atoms with E-state index in [1.165, 1.54) is 31.4 Å². The number of nitrogens with zero attached hydrogens (tertiary/aromatic N) is 2. The molecule has 0 radical (unpaired) electrons. The van der Waals surface area contributed by atoms with Crippen molar-refractivity contribution in [2.24, 2.45) is 0 Å². The third kappa shape index (κ3) is 5.07. The Labute approximate surface area is 128 Å². The second-order valence-corrected chi connectivity index (χ2v) is 5.87. The smallest absolute Gasteiger partial charge is 0.222 e. The van der Waals surface area contributed by atoms with Crippen LogP contribution in [0, 0.1) is 0 Å². The lowest BCUT2D eigenvalue weighted by atomic mass is 10.1. The van der Waals surface area contributed by atoms with Crippen LogP contribution in [0.25, 0.3) is 0 Å². The van der Waals surface area contributed by atoms with E-state index in [9.17, 15) is 4.79 Å². The first kappa shape index (κ1) is 15.9. The minimum absolute atomic E-state index is 0.346. The highest BCUT2D eigenvalue weighted by Crippen LogP contribution is 2.16. The molecule has 0 bridgehead atoms. The Bertz CT molecular complexity index is 410. The first-order chi connectivity index (χ1) is 10.3. The summed E-state index contributed by atoms with van der Waals surface area (Å²) in [5.74, 6) is 0.346. The monoisotopic (exact) mass is 288 g/mol. The minimum Gasteiger partial charge on any atom is -0.368 e. The topological polar surface area (TPSA) is 23.6 Å². The normalized spacial score (nSPS) is 15.3. The zero-order valence-corrected chi connectivity index (χ0v) is 13.3. The lowest BCUT2D eigenvalue weighted by Crippen LogP contribution is -2.48. The summed E-state index contributed by atoms with van der Waals surface area (Å²) in [5.41, 5.74) is 1.27. The third-order valence-electron chi connectivity index (χ3n) is 4.25. The van der Waals surface area contributed by atoms with Gasteiger partial charge in [0.05, 0.1) is 0 Å². The number of rotatable bonds is 7. The van der Waals surface area contributed by atoms with E-state index in [4.69, 9.17) is 0 Å². The number of carbonyl (C=O) groups excluding carboxylic acids is 1. The molecule has 2 rings (SSSR count). The van der Waals surface area contributed by atoms with Crippen molar-refractivity contribution in [2.45, 2.75) is 45.4 Å². The average molecular weight is 288 g/mol. The molecule has 0 atom stereocenters. The van der Waals surface area contributed by atoms with Gasteiger partial charge in [0, 0.05) is 38.3 Å². The minimum atomic E-state index is 0.346. The van der Waals surface area contributed by atoms with Crippen molar-refractivity contribution in [1.82, 2.24) is 4.90 Å². The molecule has 1 saturated heterocycles. The Kier molecular flexibility index (Phi) is 6.58. The van der Waals surface area contributed by atoms with Crippen molar-refractivity contribution in [3.63, 3.8) is 0 Å². The molecule has 1 aromatic carbocycles. The second-order valence-electron chi connectivity index (χ2n) is 5.87. The van der Waals surface area contributed by atoms with Gasteiger partial charge in [-0.1, -0.05) is 50.8 Å². The van der Waals surface area contributed by atoms with Gasteiger partial charge in [0.1, 0.15) is 0 Å². The Morgan fingerprint density at radius 1 is 0.952 bits per heavy atom. The Morgan fingerprint density at radius 2 is 1.62 bits per heavy atom. The number of unbranched alkanes of at least 4 members (excludes halogenated alkanes) is 4. The standard InChI is InChI=1S/C18H28N2O/c1-2-3-4-5-9-12-18(21)20-15-13-19(14-16-20)17-10-7-6-8-11-17/h6-8,10-11H,2-5,9,12-16H2,1H3. The van der Waals surface area contributed by atoms with E-state index in [-0.39, 0.29) is 0 Å². The maximum Gasteiger partial charge on any atom is 0.222 e. The van der Waals surface area contributed by atoms with Gasteiger partial charge in [-0.2, -0.15) is 0 Å². The summed E-state index contributed by atoms with van der Waals surface area (Å²) in [7, 11) is 0. The van der Waals surface area contributed by atoms with E-state index in [1.54, 1.807) is 0 Å². The van der Waals surface area contributed by atoms with Gasteiger partial charge in [0.25, 0.3) is 0 Å². The predicted octanol–water partition coefficient (Wildman–Crippen LogP) is 3.70. The van der Waals surface area contributed by atoms with Crippen molar-refractivity contribution in [3.05, 3.63) is 30.3 Å². The maximum absolute atomic E-state index is 12.2. The molecule has 0 aliphatic carbocycles. The van der Waals surface area contributed by atoms with Crippen LogP contribution < -0.4 is 4.90 Å². The van der Waals surface area contributed by atoms with Gasteiger partial charge >= 0.3 is 0 Å². The van der Waals surface area contributed by atoms with E-state index in [0.29, 0.717) is 5.91 Å². The van der Waals surface area contributed by atoms with E-state index in [0.717, 1.165) is 39.0 Å². The quantitative estimate of drug-likeness (QED) is 0.714. The summed E-state index contributed by atoms with van der Waals surface area (Å²) in [6, 6.07) is 10.5. The Hall–Kier alpha value is -1.51. The largest absolute Gasteiger partial charge is 0.368 e. The lowest BCUT2D eigenvalue weighted by molar-refractivity contribution is -0.131. The van der Waals surface area contributed by atoms with Gasteiger partial charge in [-0.05, 0) is 18.6 Å². The molecule has 0 spiro atoms. The lowest BCUT2D eigenvalue weighted by Gasteiger charge is -2.36. The van der Waals surface area contributed by atoms with Crippen LogP contribution >= 0.6 is 0 Å². The summed E-state index contributed by atoms with van der Waals surface area (Å²) in [6.07, 6.45) is 6.81. The van der Waals surface area contributed by atoms with Crippen LogP contribution in [0.15, 0.2) is 30.3 Å². The van der Waals surface area contributed by atoms with Crippen molar-refractivity contribution >= 4 is 11.6 Å². The fourth-order valence-electron chi connectivity index (χ4n) is 2.89. The molecular weight excluding hydrogens is 260 g/mol. The number of hydrogen-bond acceptors (Lipinski definition) is 2. The van der Waals surface area contributed by atoms with Gasteiger partial charge < -0.3 is 9.80 Å². The summed E-state index contributed by atoms with van der Waals surface area (Å²) in [6.45, 7) is 5.85. The number of piperazine rings is 1. The van der Waals surface area contributed by atoms with Crippen LogP contribution in [-0.4, -0.2) is 37.0 Å². The Morgan fingerprint density at radius 3 is 2.29 bits per heavy atom. The number of carbonyl (C=O) groups is 1. The molecule has 0 N–H and O–H groups in total. The van der Waals surface area contributed by atoms with Crippen LogP contribution in [0.3, 0.4) is 0 Å². The number of benzene rings is 1. The number of hydrogen-bond donors (Lipinski definition) is 0. The van der Waals surface area contributed by atoms with Gasteiger partial charge in [-0.15, -0.1) is 0 Å². The molecule has 3 nitrogen and oxygen atoms in total. The van der Waals surface area contributed by atoms with Crippen LogP contribution in [0.2, 0.25) is 0 Å². The van der Waals surface area contributed by atoms with E-state index in [2.05, 4.69) is 36.1 Å². The fourth-order valence-corrected chi connectivity index (χ4v) is 2.89. The molecular formula is C18H28N2O. The fraction of sp³-hybridized carbons (Fsp3) is 0.611. The van der Waals surface area contributed by atoms with Gasteiger partial charge in [-0.25, -0.2) is 0 Å². The molecule has 1 amide bonds. The van der Waals surface area contributed by atoms with E-state index >= 15 is 0 Å². The third-order valence-corrected chi connectivity index (χ3v) is 4.25. The van der Waals surface area contributed by atoms with Crippen LogP contribution in [-0.2, 0) is 4.79 Å². The van der Waals surface area contributed by atoms with E-state index < -0.39 is 0 Å². The van der Waals surface area contributed by atoms with Gasteiger partial charge in [0.15, 0.2) is 0 Å². The predicted molar refractivity (Wildman–Crippen MR) is 88.6 cm³/mol. The average Bonchev–Trinajstić information content (AvgIpc) is 2.55. The molecule has 0 aromatic heterocycles. The highest BCUT2D eigenvalue weighted by molar-refractivity contribution is 5.76. The van der Waals surface area contributed by atoms with Crippen molar-refractivity contribution in [3.8, 4) is 0 Å². The molecule has 0 saturated carbocycles. The van der Waals surface area contributed by atoms with E-state index in [1.807, 2.05) is 11.0 Å². The molecule has 1 fully saturated rings. The molecule has 1 aliphatic rings. The molecule has 3 heteroatoms. The van der Waals surface area contributed by atoms with Crippen LogP contribution in [0.5, 0.6) is 0 Å². The zero-order valence-electron chi connectivity index (χ0n) is 13.3. The summed E-state index contributed by atoms with van der Waals surface area (Å²) < 4.78 is 0. The molecule has 1 aliphatic heterocycles. The van der Waals surface area contributed by atoms with Crippen LogP contribution in [0.4, 0.5) is 5.69 Å². The summed E-state index contributed by atoms with van der Waals surface area (Å²) >= 11 is 0. The summed E-state index contributed by atoms with van der Waals surface area (Å²) in [5, 5.41) is 0. The highest BCUT2D eigenvalue weighted by atomic mass is 16.2. The Balaban J connectivity index is 1.67. The first-order valence-corrected chi connectivity index (χ1v) is 8.39. The van der Waals surface area contributed by atoms with Crippen molar-refractivity contribution < 1.29 is 4.79 Å². The highest BCUT2D eigenvalue weighted by Gasteiger charge is 2.20. The SMILES string of the molecule is CCCCCCCC(=O)N1CCN(c2ccccc2)CC1. The maximum atomic E-state index is 12.2. The first-order valence-electron chi connectivity index (χ1n) is 8.39. The van der Waals surface area contributed by atoms with Gasteiger partial charge in [0.2, 0.25) is 5.91 Å². The molecule has 21 heavy (non-hydrogen) atoms. The van der Waals surface area contributed by atoms with Crippen LogP contribution in [0.1, 0.15) is 45.4 Å². The van der Waals surface area contributed by atoms with Crippen molar-refractivity contribution in [2.75, 3.05) is 31.1 Å². The second kappa shape index (κ2) is 8.71. The van der Waals surface area contributed by atoms with Crippen molar-refractivity contribution in [1.29, 1.82) is 0 Å². The summed E-state index contributed by atoms with van der Waals surface area (Å²) in [4.78, 5) is 16.6. The zero-order chi connectivity index (χ0) is 14.9. The van der Waals surface area contributed by atoms with Gasteiger partial charge in [-0.3, -0.25) is 4.79 Å². The molecule has 0 unspecified atom stereocenters. The molecule has 1 heterocycles.